The summed E-state index contributed by atoms with van der Waals surface area (Å²) in [6.07, 6.45) is 4.18. The maximum atomic E-state index is 12.8. The fourth-order valence-corrected chi connectivity index (χ4v) is 3.61. The number of nitro benzene ring substituents is 1. The van der Waals surface area contributed by atoms with E-state index in [0.717, 1.165) is 22.6 Å². The summed E-state index contributed by atoms with van der Waals surface area (Å²) in [6, 6.07) is 10.1. The minimum atomic E-state index is -0.443. The molecule has 1 aromatic carbocycles. The van der Waals surface area contributed by atoms with Crippen molar-refractivity contribution in [1.29, 1.82) is 0 Å². The van der Waals surface area contributed by atoms with Gasteiger partial charge in [0.15, 0.2) is 0 Å². The Kier molecular flexibility index (Phi) is 4.49. The first kappa shape index (κ1) is 18.9. The number of non-ortho nitro benzene ring substituents is 1. The molecule has 0 fully saturated rings. The number of amides is 1. The molecule has 0 N–H and O–H groups in total. The second-order valence-electron chi connectivity index (χ2n) is 8.27. The van der Waals surface area contributed by atoms with E-state index in [4.69, 9.17) is 5.10 Å². The van der Waals surface area contributed by atoms with Crippen LogP contribution in [0.1, 0.15) is 37.6 Å². The van der Waals surface area contributed by atoms with Gasteiger partial charge in [-0.25, -0.2) is 4.68 Å². The van der Waals surface area contributed by atoms with E-state index < -0.39 is 4.92 Å². The summed E-state index contributed by atoms with van der Waals surface area (Å²) in [5.41, 5.74) is 2.58. The third-order valence-electron chi connectivity index (χ3n) is 5.07. The van der Waals surface area contributed by atoms with Gasteiger partial charge in [0.05, 0.1) is 35.7 Å². The SMILES string of the molecule is CC(C)(C)n1nc2c(c1-n1cccc1)CN(C(=O)Cc1ccc([N+](=O)[O-])cc1)C2. The van der Waals surface area contributed by atoms with E-state index >= 15 is 0 Å². The number of rotatable bonds is 4. The molecule has 0 spiro atoms. The van der Waals surface area contributed by atoms with Crippen molar-refractivity contribution < 1.29 is 9.72 Å². The van der Waals surface area contributed by atoms with E-state index in [1.807, 2.05) is 33.8 Å². The summed E-state index contributed by atoms with van der Waals surface area (Å²) < 4.78 is 4.07. The molecule has 2 aromatic heterocycles. The average Bonchev–Trinajstić information content (AvgIpc) is 3.36. The molecule has 150 valence electrons. The van der Waals surface area contributed by atoms with E-state index in [-0.39, 0.29) is 23.6 Å². The van der Waals surface area contributed by atoms with Gasteiger partial charge in [0.25, 0.3) is 5.69 Å². The van der Waals surface area contributed by atoms with Crippen LogP contribution in [0.4, 0.5) is 5.69 Å². The highest BCUT2D eigenvalue weighted by molar-refractivity contribution is 5.79. The quantitative estimate of drug-likeness (QED) is 0.502. The fourth-order valence-electron chi connectivity index (χ4n) is 3.61. The van der Waals surface area contributed by atoms with Crippen LogP contribution in [-0.4, -0.2) is 30.1 Å². The molecule has 3 aromatic rings. The van der Waals surface area contributed by atoms with Crippen molar-refractivity contribution in [3.63, 3.8) is 0 Å². The van der Waals surface area contributed by atoms with Gasteiger partial charge in [-0.15, -0.1) is 0 Å². The van der Waals surface area contributed by atoms with E-state index in [2.05, 4.69) is 20.8 Å². The Labute approximate surface area is 168 Å². The van der Waals surface area contributed by atoms with Gasteiger partial charge in [0.2, 0.25) is 5.91 Å². The van der Waals surface area contributed by atoms with Crippen LogP contribution in [0.3, 0.4) is 0 Å². The molecular weight excluding hydrogens is 370 g/mol. The Morgan fingerprint density at radius 3 is 2.38 bits per heavy atom. The first-order valence-corrected chi connectivity index (χ1v) is 9.50. The number of hydrogen-bond acceptors (Lipinski definition) is 4. The number of hydrogen-bond donors (Lipinski definition) is 0. The Hall–Kier alpha value is -3.42. The number of carbonyl (C=O) groups excluding carboxylic acids is 1. The number of benzene rings is 1. The predicted molar refractivity (Wildman–Crippen MR) is 108 cm³/mol. The molecule has 0 saturated heterocycles. The lowest BCUT2D eigenvalue weighted by Gasteiger charge is -2.24. The van der Waals surface area contributed by atoms with Gasteiger partial charge in [-0.1, -0.05) is 12.1 Å². The second kappa shape index (κ2) is 6.88. The van der Waals surface area contributed by atoms with Crippen molar-refractivity contribution in [3.05, 3.63) is 75.7 Å². The zero-order chi connectivity index (χ0) is 20.8. The van der Waals surface area contributed by atoms with E-state index in [9.17, 15) is 14.9 Å². The lowest BCUT2D eigenvalue weighted by Crippen LogP contribution is -2.30. The first-order valence-electron chi connectivity index (χ1n) is 9.50. The number of fused-ring (bicyclic) bond motifs is 1. The van der Waals surface area contributed by atoms with Gasteiger partial charge in [0.1, 0.15) is 5.82 Å². The van der Waals surface area contributed by atoms with Gasteiger partial charge in [-0.3, -0.25) is 14.9 Å². The third kappa shape index (κ3) is 3.53. The van der Waals surface area contributed by atoms with Crippen LogP contribution >= 0.6 is 0 Å². The van der Waals surface area contributed by atoms with Crippen LogP contribution in [0, 0.1) is 10.1 Å². The van der Waals surface area contributed by atoms with Crippen LogP contribution in [-0.2, 0) is 29.8 Å². The van der Waals surface area contributed by atoms with Crippen LogP contribution in [0.5, 0.6) is 0 Å². The molecule has 29 heavy (non-hydrogen) atoms. The van der Waals surface area contributed by atoms with Crippen LogP contribution < -0.4 is 0 Å². The second-order valence-corrected chi connectivity index (χ2v) is 8.27. The van der Waals surface area contributed by atoms with Crippen molar-refractivity contribution in [1.82, 2.24) is 19.2 Å². The number of carbonyl (C=O) groups is 1. The van der Waals surface area contributed by atoms with E-state index in [0.29, 0.717) is 13.1 Å². The zero-order valence-electron chi connectivity index (χ0n) is 16.7. The molecule has 0 atom stereocenters. The Morgan fingerprint density at radius 2 is 1.79 bits per heavy atom. The molecule has 0 saturated carbocycles. The number of aromatic nitrogens is 3. The van der Waals surface area contributed by atoms with Gasteiger partial charge in [-0.05, 0) is 38.5 Å². The monoisotopic (exact) mass is 393 g/mol. The summed E-state index contributed by atoms with van der Waals surface area (Å²) in [7, 11) is 0. The minimum absolute atomic E-state index is 0.0161. The molecule has 0 radical (unpaired) electrons. The maximum absolute atomic E-state index is 12.8. The highest BCUT2D eigenvalue weighted by Crippen LogP contribution is 2.32. The largest absolute Gasteiger partial charge is 0.332 e. The molecule has 1 aliphatic rings. The van der Waals surface area contributed by atoms with Crippen molar-refractivity contribution in [3.8, 4) is 5.82 Å². The van der Waals surface area contributed by atoms with E-state index in [1.54, 1.807) is 17.0 Å². The molecule has 8 nitrogen and oxygen atoms in total. The molecule has 1 amide bonds. The van der Waals surface area contributed by atoms with Crippen LogP contribution in [0.2, 0.25) is 0 Å². The number of nitrogens with zero attached hydrogens (tertiary/aromatic N) is 5. The van der Waals surface area contributed by atoms with Crippen molar-refractivity contribution in [2.24, 2.45) is 0 Å². The van der Waals surface area contributed by atoms with E-state index in [1.165, 1.54) is 12.1 Å². The molecule has 3 heterocycles. The van der Waals surface area contributed by atoms with Gasteiger partial charge < -0.3 is 9.47 Å². The Morgan fingerprint density at radius 1 is 1.14 bits per heavy atom. The molecule has 1 aliphatic heterocycles. The van der Waals surface area contributed by atoms with Crippen molar-refractivity contribution >= 4 is 11.6 Å². The van der Waals surface area contributed by atoms with Crippen molar-refractivity contribution in [2.75, 3.05) is 0 Å². The topological polar surface area (TPSA) is 86.2 Å². The first-order chi connectivity index (χ1) is 13.7. The molecule has 8 heteroatoms. The molecule has 0 bridgehead atoms. The van der Waals surface area contributed by atoms with Crippen molar-refractivity contribution in [2.45, 2.75) is 45.8 Å². The lowest BCUT2D eigenvalue weighted by atomic mass is 10.1. The average molecular weight is 393 g/mol. The lowest BCUT2D eigenvalue weighted by molar-refractivity contribution is -0.384. The Bertz CT molecular complexity index is 1060. The van der Waals surface area contributed by atoms with Crippen LogP contribution in [0.25, 0.3) is 5.82 Å². The maximum Gasteiger partial charge on any atom is 0.269 e. The summed E-state index contributed by atoms with van der Waals surface area (Å²) in [5, 5.41) is 15.6. The fraction of sp³-hybridized carbons (Fsp3) is 0.333. The van der Waals surface area contributed by atoms with Gasteiger partial charge in [0, 0.05) is 30.1 Å². The molecule has 0 aliphatic carbocycles. The van der Waals surface area contributed by atoms with Gasteiger partial charge >= 0.3 is 0 Å². The molecule has 0 unspecified atom stereocenters. The number of nitro groups is 1. The summed E-state index contributed by atoms with van der Waals surface area (Å²) in [6.45, 7) is 7.31. The van der Waals surface area contributed by atoms with Crippen LogP contribution in [0.15, 0.2) is 48.8 Å². The normalized spacial score (nSPS) is 13.6. The highest BCUT2D eigenvalue weighted by atomic mass is 16.6. The standard InChI is InChI=1S/C21H23N5O3/c1-21(2,3)25-20(23-10-4-5-11-23)17-13-24(14-18(17)22-25)19(27)12-15-6-8-16(9-7-15)26(28)29/h4-11H,12-14H2,1-3H3. The molecular formula is C21H23N5O3. The summed E-state index contributed by atoms with van der Waals surface area (Å²) in [5.74, 6) is 0.973. The smallest absolute Gasteiger partial charge is 0.269 e. The summed E-state index contributed by atoms with van der Waals surface area (Å²) in [4.78, 5) is 25.0. The highest BCUT2D eigenvalue weighted by Gasteiger charge is 2.33. The third-order valence-corrected chi connectivity index (χ3v) is 5.07. The van der Waals surface area contributed by atoms with Gasteiger partial charge in [-0.2, -0.15) is 5.10 Å². The Balaban J connectivity index is 1.56. The summed E-state index contributed by atoms with van der Waals surface area (Å²) >= 11 is 0. The minimum Gasteiger partial charge on any atom is -0.332 e. The molecule has 4 rings (SSSR count). The zero-order valence-corrected chi connectivity index (χ0v) is 16.7. The predicted octanol–water partition coefficient (Wildman–Crippen LogP) is 3.42.